The molecule has 2 amide bonds. The van der Waals surface area contributed by atoms with Gasteiger partial charge < -0.3 is 10.2 Å². The van der Waals surface area contributed by atoms with Gasteiger partial charge in [-0.2, -0.15) is 0 Å². The number of rotatable bonds is 11. The third kappa shape index (κ3) is 8.71. The van der Waals surface area contributed by atoms with Gasteiger partial charge in [-0.25, -0.2) is 8.42 Å². The summed E-state index contributed by atoms with van der Waals surface area (Å²) in [7, 11) is -3.90. The molecule has 0 unspecified atom stereocenters. The van der Waals surface area contributed by atoms with E-state index >= 15 is 0 Å². The van der Waals surface area contributed by atoms with Crippen LogP contribution in [0.1, 0.15) is 30.5 Å². The van der Waals surface area contributed by atoms with Crippen LogP contribution in [0.5, 0.6) is 0 Å². The van der Waals surface area contributed by atoms with Gasteiger partial charge in [-0.3, -0.25) is 13.9 Å². The Labute approximate surface area is 240 Å². The van der Waals surface area contributed by atoms with Crippen molar-refractivity contribution >= 4 is 50.7 Å². The first-order valence-electron chi connectivity index (χ1n) is 12.5. The van der Waals surface area contributed by atoms with Crippen molar-refractivity contribution in [2.75, 3.05) is 17.1 Å². The molecule has 0 fully saturated rings. The standard InChI is InChI=1S/C29H33Cl2N3O4S/c1-20(2)32-29(36)27(16-22-10-6-5-7-11-22)33(18-23-12-8-9-21(3)15-23)28(35)19-34(39(4,37)38)24-13-14-25(30)26(31)17-24/h5-15,17,20,27H,16,18-19H2,1-4H3,(H,32,36)/t27-/m1/s1. The third-order valence-electron chi connectivity index (χ3n) is 6.01. The van der Waals surface area contributed by atoms with Gasteiger partial charge in [0.05, 0.1) is 22.0 Å². The lowest BCUT2D eigenvalue weighted by atomic mass is 10.0. The molecule has 0 bridgehead atoms. The molecule has 3 aromatic rings. The first-order chi connectivity index (χ1) is 18.3. The summed E-state index contributed by atoms with van der Waals surface area (Å²) >= 11 is 12.2. The van der Waals surface area contributed by atoms with E-state index in [1.165, 1.54) is 23.1 Å². The molecular weight excluding hydrogens is 557 g/mol. The molecule has 1 atom stereocenters. The number of carbonyl (C=O) groups excluding carboxylic acids is 2. The quantitative estimate of drug-likeness (QED) is 0.331. The van der Waals surface area contributed by atoms with Crippen LogP contribution >= 0.6 is 23.2 Å². The van der Waals surface area contributed by atoms with Gasteiger partial charge in [0.15, 0.2) is 0 Å². The van der Waals surface area contributed by atoms with Gasteiger partial charge in [-0.1, -0.05) is 83.4 Å². The molecule has 39 heavy (non-hydrogen) atoms. The van der Waals surface area contributed by atoms with E-state index in [9.17, 15) is 18.0 Å². The zero-order valence-electron chi connectivity index (χ0n) is 22.4. The Morgan fingerprint density at radius 1 is 0.897 bits per heavy atom. The van der Waals surface area contributed by atoms with Crippen LogP contribution in [-0.2, 0) is 32.6 Å². The van der Waals surface area contributed by atoms with Crippen molar-refractivity contribution < 1.29 is 18.0 Å². The number of hydrogen-bond acceptors (Lipinski definition) is 4. The number of carbonyl (C=O) groups is 2. The third-order valence-corrected chi connectivity index (χ3v) is 7.89. The minimum atomic E-state index is -3.90. The molecule has 0 spiro atoms. The van der Waals surface area contributed by atoms with Crippen LogP contribution in [0.3, 0.4) is 0 Å². The first-order valence-corrected chi connectivity index (χ1v) is 15.1. The van der Waals surface area contributed by atoms with E-state index in [-0.39, 0.29) is 40.6 Å². The summed E-state index contributed by atoms with van der Waals surface area (Å²) in [6.45, 7) is 5.23. The molecule has 3 aromatic carbocycles. The van der Waals surface area contributed by atoms with Crippen molar-refractivity contribution in [1.82, 2.24) is 10.2 Å². The number of hydrogen-bond donors (Lipinski definition) is 1. The minimum Gasteiger partial charge on any atom is -0.352 e. The molecule has 10 heteroatoms. The lowest BCUT2D eigenvalue weighted by Gasteiger charge is -2.34. The maximum Gasteiger partial charge on any atom is 0.244 e. The van der Waals surface area contributed by atoms with Crippen molar-refractivity contribution in [3.05, 3.63) is 99.5 Å². The average molecular weight is 591 g/mol. The second-order valence-corrected chi connectivity index (χ2v) is 12.5. The smallest absolute Gasteiger partial charge is 0.244 e. The monoisotopic (exact) mass is 589 g/mol. The molecule has 0 aliphatic heterocycles. The number of halogens is 2. The second kappa shape index (κ2) is 13.3. The lowest BCUT2D eigenvalue weighted by Crippen LogP contribution is -2.54. The fourth-order valence-electron chi connectivity index (χ4n) is 4.20. The van der Waals surface area contributed by atoms with Gasteiger partial charge in [0.25, 0.3) is 0 Å². The Bertz CT molecular complexity index is 1420. The molecule has 0 saturated carbocycles. The second-order valence-electron chi connectivity index (χ2n) is 9.75. The molecule has 0 aliphatic rings. The van der Waals surface area contributed by atoms with E-state index in [1.807, 2.05) is 75.4 Å². The summed E-state index contributed by atoms with van der Waals surface area (Å²) in [5, 5.41) is 3.34. The molecule has 1 N–H and O–H groups in total. The van der Waals surface area contributed by atoms with Crippen LogP contribution in [0.2, 0.25) is 10.0 Å². The molecule has 7 nitrogen and oxygen atoms in total. The Hall–Kier alpha value is -3.07. The summed E-state index contributed by atoms with van der Waals surface area (Å²) in [6.07, 6.45) is 1.27. The first kappa shape index (κ1) is 30.5. The molecule has 0 heterocycles. The number of sulfonamides is 1. The Morgan fingerprint density at radius 2 is 1.56 bits per heavy atom. The predicted octanol–water partition coefficient (Wildman–Crippen LogP) is 5.23. The summed E-state index contributed by atoms with van der Waals surface area (Å²) in [6, 6.07) is 20.4. The fourth-order valence-corrected chi connectivity index (χ4v) is 5.33. The molecule has 0 aromatic heterocycles. The van der Waals surface area contributed by atoms with Crippen molar-refractivity contribution in [2.45, 2.75) is 45.8 Å². The van der Waals surface area contributed by atoms with Gasteiger partial charge in [0.2, 0.25) is 21.8 Å². The van der Waals surface area contributed by atoms with Crippen molar-refractivity contribution in [3.63, 3.8) is 0 Å². The molecule has 0 radical (unpaired) electrons. The van der Waals surface area contributed by atoms with Crippen LogP contribution in [0, 0.1) is 6.92 Å². The normalized spacial score (nSPS) is 12.2. The molecular formula is C29H33Cl2N3O4S. The van der Waals surface area contributed by atoms with Gasteiger partial charge in [0, 0.05) is 19.0 Å². The fraction of sp³-hybridized carbons (Fsp3) is 0.310. The SMILES string of the molecule is Cc1cccc(CN(C(=O)CN(c2ccc(Cl)c(Cl)c2)S(C)(=O)=O)[C@H](Cc2ccccc2)C(=O)NC(C)C)c1. The van der Waals surface area contributed by atoms with Crippen LogP contribution in [0.25, 0.3) is 0 Å². The van der Waals surface area contributed by atoms with Gasteiger partial charge in [-0.05, 0) is 50.1 Å². The van der Waals surface area contributed by atoms with Crippen molar-refractivity contribution in [2.24, 2.45) is 0 Å². The Kier molecular flexibility index (Phi) is 10.4. The summed E-state index contributed by atoms with van der Waals surface area (Å²) < 4.78 is 26.6. The van der Waals surface area contributed by atoms with Gasteiger partial charge in [0.1, 0.15) is 12.6 Å². The number of nitrogens with one attached hydrogen (secondary N) is 1. The van der Waals surface area contributed by atoms with Crippen LogP contribution in [-0.4, -0.2) is 50.0 Å². The number of benzene rings is 3. The van der Waals surface area contributed by atoms with E-state index in [2.05, 4.69) is 5.32 Å². The zero-order valence-corrected chi connectivity index (χ0v) is 24.7. The van der Waals surface area contributed by atoms with E-state index in [0.717, 1.165) is 27.3 Å². The van der Waals surface area contributed by atoms with E-state index in [0.29, 0.717) is 0 Å². The maximum absolute atomic E-state index is 14.0. The van der Waals surface area contributed by atoms with E-state index < -0.39 is 28.5 Å². The number of amides is 2. The largest absolute Gasteiger partial charge is 0.352 e. The average Bonchev–Trinajstić information content (AvgIpc) is 2.86. The number of aryl methyl sites for hydroxylation is 1. The molecule has 3 rings (SSSR count). The molecule has 0 aliphatic carbocycles. The lowest BCUT2D eigenvalue weighted by molar-refractivity contribution is -0.140. The topological polar surface area (TPSA) is 86.8 Å². The zero-order chi connectivity index (χ0) is 28.7. The number of nitrogens with zero attached hydrogens (tertiary/aromatic N) is 2. The van der Waals surface area contributed by atoms with Crippen molar-refractivity contribution in [1.29, 1.82) is 0 Å². The minimum absolute atomic E-state index is 0.114. The Morgan fingerprint density at radius 3 is 2.15 bits per heavy atom. The van der Waals surface area contributed by atoms with Gasteiger partial charge in [-0.15, -0.1) is 0 Å². The molecule has 0 saturated heterocycles. The predicted molar refractivity (Wildman–Crippen MR) is 158 cm³/mol. The van der Waals surface area contributed by atoms with Crippen LogP contribution in [0.4, 0.5) is 5.69 Å². The van der Waals surface area contributed by atoms with Crippen molar-refractivity contribution in [3.8, 4) is 0 Å². The summed E-state index contributed by atoms with van der Waals surface area (Å²) in [5.74, 6) is -0.858. The highest BCUT2D eigenvalue weighted by atomic mass is 35.5. The summed E-state index contributed by atoms with van der Waals surface area (Å²) in [4.78, 5) is 29.0. The molecule has 208 valence electrons. The summed E-state index contributed by atoms with van der Waals surface area (Å²) in [5.41, 5.74) is 2.88. The van der Waals surface area contributed by atoms with E-state index in [1.54, 1.807) is 0 Å². The Balaban J connectivity index is 2.07. The highest BCUT2D eigenvalue weighted by Crippen LogP contribution is 2.29. The van der Waals surface area contributed by atoms with Crippen LogP contribution < -0.4 is 9.62 Å². The maximum atomic E-state index is 14.0. The number of anilines is 1. The highest BCUT2D eigenvalue weighted by molar-refractivity contribution is 7.92. The van der Waals surface area contributed by atoms with Crippen LogP contribution in [0.15, 0.2) is 72.8 Å². The van der Waals surface area contributed by atoms with Gasteiger partial charge >= 0.3 is 0 Å². The highest BCUT2D eigenvalue weighted by Gasteiger charge is 2.33. The van der Waals surface area contributed by atoms with E-state index in [4.69, 9.17) is 23.2 Å².